The van der Waals surface area contributed by atoms with Gasteiger partial charge in [-0.15, -0.1) is 68.0 Å². The highest BCUT2D eigenvalue weighted by molar-refractivity contribution is 7.26. The fraction of sp³-hybridized carbons (Fsp3) is 0.100. The van der Waals surface area contributed by atoms with E-state index < -0.39 is 0 Å². The van der Waals surface area contributed by atoms with Gasteiger partial charge in [0.1, 0.15) is 11.5 Å². The molecule has 0 saturated heterocycles. The van der Waals surface area contributed by atoms with Gasteiger partial charge in [-0.25, -0.2) is 0 Å². The molecule has 0 saturated carbocycles. The topological polar surface area (TPSA) is 43.2 Å². The molecule has 10 heteroatoms. The van der Waals surface area contributed by atoms with Crippen molar-refractivity contribution in [1.29, 1.82) is 0 Å². The zero-order chi connectivity index (χ0) is 33.5. The second kappa shape index (κ2) is 15.8. The maximum Gasteiger partial charge on any atom is 0.119 e. The van der Waals surface area contributed by atoms with Crippen LogP contribution >= 0.6 is 68.0 Å². The molecule has 4 nitrogen and oxygen atoms in total. The minimum Gasteiger partial charge on any atom is -0.493 e. The largest absolute Gasteiger partial charge is 0.493 e. The van der Waals surface area contributed by atoms with Gasteiger partial charge in [0.2, 0.25) is 0 Å². The van der Waals surface area contributed by atoms with Crippen molar-refractivity contribution < 1.29 is 9.47 Å². The molecular formula is C40H30N2O2S6. The lowest BCUT2D eigenvalue weighted by molar-refractivity contribution is 0.322. The molecule has 0 unspecified atom stereocenters. The Morgan fingerprint density at radius 2 is 0.800 bits per heavy atom. The summed E-state index contributed by atoms with van der Waals surface area (Å²) in [6, 6.07) is 37.4. The van der Waals surface area contributed by atoms with Gasteiger partial charge in [0.05, 0.1) is 24.6 Å². The van der Waals surface area contributed by atoms with Crippen LogP contribution in [-0.2, 0) is 12.8 Å². The monoisotopic (exact) mass is 762 g/mol. The average Bonchev–Trinajstić information content (AvgIpc) is 4.00. The summed E-state index contributed by atoms with van der Waals surface area (Å²) in [4.78, 5) is 10.6. The Morgan fingerprint density at radius 3 is 1.16 bits per heavy atom. The van der Waals surface area contributed by atoms with E-state index in [2.05, 4.69) is 92.4 Å². The number of hydrogen-bond donors (Lipinski definition) is 0. The molecule has 0 fully saturated rings. The minimum atomic E-state index is 0.605. The van der Waals surface area contributed by atoms with Gasteiger partial charge in [-0.2, -0.15) is 10.2 Å². The van der Waals surface area contributed by atoms with Crippen molar-refractivity contribution >= 4 is 79.4 Å². The van der Waals surface area contributed by atoms with Crippen molar-refractivity contribution in [1.82, 2.24) is 0 Å². The molecule has 0 spiro atoms. The summed E-state index contributed by atoms with van der Waals surface area (Å²) >= 11 is 10.9. The average molecular weight is 763 g/mol. The van der Waals surface area contributed by atoms with Gasteiger partial charge in [0.15, 0.2) is 0 Å². The molecule has 0 aliphatic carbocycles. The quantitative estimate of drug-likeness (QED) is 0.104. The molecule has 2 aromatic carbocycles. The SMILES string of the molecule is c1csc(-c2cc(CCOc3ccc(N=Nc4ccc(OCCc5cc(-c6cccs6)sc5-c5cccs5)cc4)cc3)c(-c3cccs3)s2)c1. The predicted octanol–water partition coefficient (Wildman–Crippen LogP) is 14.4. The summed E-state index contributed by atoms with van der Waals surface area (Å²) in [5, 5.41) is 17.4. The first-order valence-electron chi connectivity index (χ1n) is 16.0. The highest BCUT2D eigenvalue weighted by atomic mass is 32.1. The van der Waals surface area contributed by atoms with Gasteiger partial charge in [-0.05, 0) is 118 Å². The van der Waals surface area contributed by atoms with Crippen molar-refractivity contribution in [2.75, 3.05) is 13.2 Å². The van der Waals surface area contributed by atoms with Crippen LogP contribution in [0.3, 0.4) is 0 Å². The molecule has 0 N–H and O–H groups in total. The van der Waals surface area contributed by atoms with Crippen molar-refractivity contribution in [3.05, 3.63) is 142 Å². The lowest BCUT2D eigenvalue weighted by Gasteiger charge is -2.07. The van der Waals surface area contributed by atoms with Gasteiger partial charge in [0, 0.05) is 51.9 Å². The first kappa shape index (κ1) is 33.0. The fourth-order valence-corrected chi connectivity index (χ4v) is 11.3. The fourth-order valence-electron chi connectivity index (χ4n) is 5.43. The summed E-state index contributed by atoms with van der Waals surface area (Å²) in [6.45, 7) is 1.21. The third kappa shape index (κ3) is 7.91. The Morgan fingerprint density at radius 1 is 0.420 bits per heavy atom. The van der Waals surface area contributed by atoms with E-state index in [4.69, 9.17) is 9.47 Å². The molecule has 0 amide bonds. The zero-order valence-corrected chi connectivity index (χ0v) is 31.6. The first-order valence-corrected chi connectivity index (χ1v) is 21.2. The van der Waals surface area contributed by atoms with Crippen LogP contribution in [0.4, 0.5) is 11.4 Å². The predicted molar refractivity (Wildman–Crippen MR) is 217 cm³/mol. The Kier molecular flexibility index (Phi) is 10.4. The van der Waals surface area contributed by atoms with Crippen LogP contribution in [0.25, 0.3) is 39.0 Å². The van der Waals surface area contributed by atoms with Gasteiger partial charge in [0.25, 0.3) is 0 Å². The molecule has 0 aliphatic rings. The van der Waals surface area contributed by atoms with Crippen molar-refractivity contribution in [2.45, 2.75) is 12.8 Å². The van der Waals surface area contributed by atoms with Gasteiger partial charge in [-0.3, -0.25) is 0 Å². The van der Waals surface area contributed by atoms with Crippen molar-refractivity contribution in [2.24, 2.45) is 10.2 Å². The molecule has 0 atom stereocenters. The van der Waals surface area contributed by atoms with E-state index in [1.165, 1.54) is 50.1 Å². The molecular weight excluding hydrogens is 733 g/mol. The van der Waals surface area contributed by atoms with Crippen LogP contribution < -0.4 is 9.47 Å². The van der Waals surface area contributed by atoms with E-state index in [9.17, 15) is 0 Å². The summed E-state index contributed by atoms with van der Waals surface area (Å²) in [5.41, 5.74) is 4.21. The van der Waals surface area contributed by atoms with Crippen molar-refractivity contribution in [3.63, 3.8) is 0 Å². The van der Waals surface area contributed by atoms with Crippen molar-refractivity contribution in [3.8, 4) is 50.5 Å². The van der Waals surface area contributed by atoms with Crippen LogP contribution in [0, 0.1) is 0 Å². The summed E-state index contributed by atoms with van der Waals surface area (Å²) < 4.78 is 12.3. The van der Waals surface area contributed by atoms with Crippen LogP contribution in [0.5, 0.6) is 11.5 Å². The van der Waals surface area contributed by atoms with E-state index in [0.29, 0.717) is 13.2 Å². The second-order valence-electron chi connectivity index (χ2n) is 11.2. The van der Waals surface area contributed by atoms with E-state index in [0.717, 1.165) is 35.7 Å². The third-order valence-electron chi connectivity index (χ3n) is 7.87. The summed E-state index contributed by atoms with van der Waals surface area (Å²) in [5.74, 6) is 1.65. The molecule has 8 aromatic rings. The van der Waals surface area contributed by atoms with Gasteiger partial charge >= 0.3 is 0 Å². The Balaban J connectivity index is 0.834. The summed E-state index contributed by atoms with van der Waals surface area (Å²) in [7, 11) is 0. The Labute approximate surface area is 315 Å². The number of benzene rings is 2. The number of nitrogens with zero attached hydrogens (tertiary/aromatic N) is 2. The number of azo groups is 1. The number of ether oxygens (including phenoxy) is 2. The van der Waals surface area contributed by atoms with Crippen LogP contribution in [0.2, 0.25) is 0 Å². The molecule has 50 heavy (non-hydrogen) atoms. The lowest BCUT2D eigenvalue weighted by atomic mass is 10.1. The smallest absolute Gasteiger partial charge is 0.119 e. The highest BCUT2D eigenvalue weighted by Gasteiger charge is 2.15. The van der Waals surface area contributed by atoms with Gasteiger partial charge in [-0.1, -0.05) is 24.3 Å². The number of hydrogen-bond acceptors (Lipinski definition) is 10. The van der Waals surface area contributed by atoms with Gasteiger partial charge < -0.3 is 9.47 Å². The maximum absolute atomic E-state index is 6.14. The van der Waals surface area contributed by atoms with E-state index >= 15 is 0 Å². The van der Waals surface area contributed by atoms with E-state index in [1.54, 1.807) is 45.3 Å². The molecule has 6 aromatic heterocycles. The molecule has 0 aliphatic heterocycles. The number of rotatable bonds is 14. The Bertz CT molecular complexity index is 2080. The lowest BCUT2D eigenvalue weighted by Crippen LogP contribution is -2.01. The standard InChI is InChI=1S/C40H30N2O2S6/c1-5-33(45-21-1)37-25-27(39(49-37)35-7-3-23-47-35)17-19-43-31-13-9-29(10-14-31)41-42-30-11-15-32(16-12-30)44-20-18-28-26-38(34-6-2-22-46-34)50-40(28)36-8-4-24-48-36/h1-16,21-26H,17-20H2. The molecule has 248 valence electrons. The Hall–Kier alpha value is -4.16. The third-order valence-corrected chi connectivity index (χ3v) is 14.5. The van der Waals surface area contributed by atoms with Crippen LogP contribution in [0.1, 0.15) is 11.1 Å². The van der Waals surface area contributed by atoms with E-state index in [-0.39, 0.29) is 0 Å². The minimum absolute atomic E-state index is 0.605. The normalized spacial score (nSPS) is 11.4. The maximum atomic E-state index is 6.14. The van der Waals surface area contributed by atoms with Crippen LogP contribution in [-0.4, -0.2) is 13.2 Å². The van der Waals surface area contributed by atoms with E-state index in [1.807, 2.05) is 71.2 Å². The van der Waals surface area contributed by atoms with Crippen LogP contribution in [0.15, 0.2) is 141 Å². The highest BCUT2D eigenvalue weighted by Crippen LogP contribution is 2.43. The molecule has 0 radical (unpaired) electrons. The molecule has 8 rings (SSSR count). The summed E-state index contributed by atoms with van der Waals surface area (Å²) in [6.07, 6.45) is 1.69. The molecule has 0 bridgehead atoms. The zero-order valence-electron chi connectivity index (χ0n) is 26.7. The molecule has 6 heterocycles. The second-order valence-corrected chi connectivity index (χ2v) is 17.1. The number of thiophene rings is 6. The first-order chi connectivity index (χ1) is 24.7.